The van der Waals surface area contributed by atoms with Gasteiger partial charge in [-0.15, -0.1) is 0 Å². The second-order valence-corrected chi connectivity index (χ2v) is 4.99. The predicted molar refractivity (Wildman–Crippen MR) is 86.3 cm³/mol. The van der Waals surface area contributed by atoms with Crippen molar-refractivity contribution < 1.29 is 9.50 Å². The van der Waals surface area contributed by atoms with Gasteiger partial charge in [-0.3, -0.25) is 4.99 Å². The summed E-state index contributed by atoms with van der Waals surface area (Å²) in [6.07, 6.45) is 0. The van der Waals surface area contributed by atoms with E-state index >= 15 is 0 Å². The Morgan fingerprint density at radius 1 is 1.14 bits per heavy atom. The molecule has 0 amide bonds. The third-order valence-electron chi connectivity index (χ3n) is 3.40. The smallest absolute Gasteiger partial charge is 0.191 e. The highest BCUT2D eigenvalue weighted by molar-refractivity contribution is 5.79. The number of nitrogens with one attached hydrogen (secondary N) is 2. The molecule has 22 heavy (non-hydrogen) atoms. The molecular formula is C17H20FN3O. The zero-order valence-electron chi connectivity index (χ0n) is 12.7. The lowest BCUT2D eigenvalue weighted by Crippen LogP contribution is -2.36. The van der Waals surface area contributed by atoms with E-state index in [9.17, 15) is 9.50 Å². The van der Waals surface area contributed by atoms with E-state index < -0.39 is 5.82 Å². The molecule has 0 unspecified atom stereocenters. The lowest BCUT2D eigenvalue weighted by atomic mass is 10.1. The number of guanidine groups is 1. The molecule has 116 valence electrons. The Morgan fingerprint density at radius 3 is 2.55 bits per heavy atom. The molecule has 2 rings (SSSR count). The normalized spacial score (nSPS) is 11.3. The van der Waals surface area contributed by atoms with E-state index in [1.54, 1.807) is 13.1 Å². The van der Waals surface area contributed by atoms with E-state index in [-0.39, 0.29) is 5.75 Å². The standard InChI is InChI=1S/C17H20FN3O/c1-12-5-3-4-6-14(12)11-21-17(19-2)20-10-13-7-8-16(22)15(18)9-13/h3-9,22H,10-11H2,1-2H3,(H2,19,20,21). The first-order chi connectivity index (χ1) is 10.6. The number of phenolic OH excluding ortho intramolecular Hbond substituents is 1. The van der Waals surface area contributed by atoms with Gasteiger partial charge in [-0.1, -0.05) is 30.3 Å². The van der Waals surface area contributed by atoms with E-state index in [4.69, 9.17) is 0 Å². The van der Waals surface area contributed by atoms with Gasteiger partial charge in [-0.25, -0.2) is 4.39 Å². The van der Waals surface area contributed by atoms with Crippen molar-refractivity contribution in [1.29, 1.82) is 0 Å². The highest BCUT2D eigenvalue weighted by Gasteiger charge is 2.04. The Labute approximate surface area is 129 Å². The van der Waals surface area contributed by atoms with Gasteiger partial charge in [0.15, 0.2) is 17.5 Å². The quantitative estimate of drug-likeness (QED) is 0.601. The zero-order chi connectivity index (χ0) is 15.9. The number of rotatable bonds is 4. The molecular weight excluding hydrogens is 281 g/mol. The summed E-state index contributed by atoms with van der Waals surface area (Å²) in [6, 6.07) is 12.4. The van der Waals surface area contributed by atoms with Gasteiger partial charge in [0.2, 0.25) is 0 Å². The fraction of sp³-hybridized carbons (Fsp3) is 0.235. The molecule has 0 aliphatic carbocycles. The van der Waals surface area contributed by atoms with Gasteiger partial charge in [0.25, 0.3) is 0 Å². The van der Waals surface area contributed by atoms with Crippen molar-refractivity contribution in [3.05, 3.63) is 65.0 Å². The number of phenols is 1. The third kappa shape index (κ3) is 4.22. The lowest BCUT2D eigenvalue weighted by Gasteiger charge is -2.13. The molecule has 0 atom stereocenters. The van der Waals surface area contributed by atoms with Gasteiger partial charge in [0, 0.05) is 20.1 Å². The maximum absolute atomic E-state index is 13.3. The highest BCUT2D eigenvalue weighted by atomic mass is 19.1. The van der Waals surface area contributed by atoms with Gasteiger partial charge in [-0.05, 0) is 35.7 Å². The molecule has 0 bridgehead atoms. The number of aryl methyl sites for hydroxylation is 1. The summed E-state index contributed by atoms with van der Waals surface area (Å²) in [7, 11) is 1.69. The van der Waals surface area contributed by atoms with E-state index in [2.05, 4.69) is 34.7 Å². The number of hydrogen-bond acceptors (Lipinski definition) is 2. The Morgan fingerprint density at radius 2 is 1.86 bits per heavy atom. The van der Waals surface area contributed by atoms with Crippen LogP contribution in [0.15, 0.2) is 47.5 Å². The first-order valence-electron chi connectivity index (χ1n) is 7.06. The van der Waals surface area contributed by atoms with Crippen molar-refractivity contribution in [1.82, 2.24) is 10.6 Å². The van der Waals surface area contributed by atoms with E-state index in [0.717, 1.165) is 5.56 Å². The van der Waals surface area contributed by atoms with Crippen LogP contribution in [0.3, 0.4) is 0 Å². The van der Waals surface area contributed by atoms with Crippen LogP contribution < -0.4 is 10.6 Å². The van der Waals surface area contributed by atoms with Crippen LogP contribution in [0.1, 0.15) is 16.7 Å². The number of nitrogens with zero attached hydrogens (tertiary/aromatic N) is 1. The third-order valence-corrected chi connectivity index (χ3v) is 3.40. The Bertz CT molecular complexity index is 671. The Balaban J connectivity index is 1.90. The molecule has 0 fully saturated rings. The summed E-state index contributed by atoms with van der Waals surface area (Å²) in [5, 5.41) is 15.5. The summed E-state index contributed by atoms with van der Waals surface area (Å²) < 4.78 is 13.3. The van der Waals surface area contributed by atoms with E-state index in [0.29, 0.717) is 19.0 Å². The molecule has 0 aliphatic rings. The fourth-order valence-corrected chi connectivity index (χ4v) is 2.05. The van der Waals surface area contributed by atoms with E-state index in [1.807, 2.05) is 12.1 Å². The van der Waals surface area contributed by atoms with Crippen molar-refractivity contribution >= 4 is 5.96 Å². The second kappa shape index (κ2) is 7.45. The molecule has 0 saturated carbocycles. The van der Waals surface area contributed by atoms with Crippen molar-refractivity contribution in [2.24, 2.45) is 4.99 Å². The molecule has 3 N–H and O–H groups in total. The lowest BCUT2D eigenvalue weighted by molar-refractivity contribution is 0.431. The maximum atomic E-state index is 13.3. The fourth-order valence-electron chi connectivity index (χ4n) is 2.05. The number of hydrogen-bond donors (Lipinski definition) is 3. The molecule has 2 aromatic carbocycles. The number of halogens is 1. The minimum atomic E-state index is -0.623. The molecule has 5 heteroatoms. The summed E-state index contributed by atoms with van der Waals surface area (Å²) in [4.78, 5) is 4.14. The molecule has 2 aromatic rings. The van der Waals surface area contributed by atoms with Crippen LogP contribution in [0.4, 0.5) is 4.39 Å². The van der Waals surface area contributed by atoms with Crippen molar-refractivity contribution in [2.45, 2.75) is 20.0 Å². The summed E-state index contributed by atoms with van der Waals surface area (Å²) in [5.41, 5.74) is 3.14. The summed E-state index contributed by atoms with van der Waals surface area (Å²) >= 11 is 0. The Hall–Kier alpha value is -2.56. The first-order valence-corrected chi connectivity index (χ1v) is 7.06. The monoisotopic (exact) mass is 301 g/mol. The molecule has 0 spiro atoms. The average molecular weight is 301 g/mol. The van der Waals surface area contributed by atoms with Crippen LogP contribution in [0.5, 0.6) is 5.75 Å². The molecule has 0 aromatic heterocycles. The van der Waals surface area contributed by atoms with Crippen LogP contribution in [0.25, 0.3) is 0 Å². The molecule has 0 heterocycles. The van der Waals surface area contributed by atoms with Gasteiger partial charge in [0.05, 0.1) is 0 Å². The Kier molecular flexibility index (Phi) is 5.36. The summed E-state index contributed by atoms with van der Waals surface area (Å²) in [6.45, 7) is 3.15. The molecule has 4 nitrogen and oxygen atoms in total. The van der Waals surface area contributed by atoms with Crippen LogP contribution >= 0.6 is 0 Å². The average Bonchev–Trinajstić information content (AvgIpc) is 2.52. The molecule has 0 radical (unpaired) electrons. The van der Waals surface area contributed by atoms with Crippen molar-refractivity contribution in [2.75, 3.05) is 7.05 Å². The first kappa shape index (κ1) is 15.8. The molecule has 0 saturated heterocycles. The van der Waals surface area contributed by atoms with Crippen LogP contribution in [0.2, 0.25) is 0 Å². The topological polar surface area (TPSA) is 56.7 Å². The number of benzene rings is 2. The van der Waals surface area contributed by atoms with Gasteiger partial charge in [0.1, 0.15) is 0 Å². The van der Waals surface area contributed by atoms with E-state index in [1.165, 1.54) is 23.3 Å². The maximum Gasteiger partial charge on any atom is 0.191 e. The SMILES string of the molecule is CN=C(NCc1ccc(O)c(F)c1)NCc1ccccc1C. The van der Waals surface area contributed by atoms with Crippen molar-refractivity contribution in [3.8, 4) is 5.75 Å². The minimum Gasteiger partial charge on any atom is -0.505 e. The summed E-state index contributed by atoms with van der Waals surface area (Å²) in [5.74, 6) is -0.329. The number of aliphatic imine (C=N–C) groups is 1. The zero-order valence-corrected chi connectivity index (χ0v) is 12.7. The largest absolute Gasteiger partial charge is 0.505 e. The molecule has 0 aliphatic heterocycles. The highest BCUT2D eigenvalue weighted by Crippen LogP contribution is 2.15. The predicted octanol–water partition coefficient (Wildman–Crippen LogP) is 2.70. The van der Waals surface area contributed by atoms with Gasteiger partial charge < -0.3 is 15.7 Å². The van der Waals surface area contributed by atoms with Crippen LogP contribution in [-0.4, -0.2) is 18.1 Å². The second-order valence-electron chi connectivity index (χ2n) is 4.99. The minimum absolute atomic E-state index is 0.342. The van der Waals surface area contributed by atoms with Gasteiger partial charge >= 0.3 is 0 Å². The van der Waals surface area contributed by atoms with Crippen LogP contribution in [0, 0.1) is 12.7 Å². The van der Waals surface area contributed by atoms with Crippen LogP contribution in [-0.2, 0) is 13.1 Å². The number of aromatic hydroxyl groups is 1. The van der Waals surface area contributed by atoms with Crippen molar-refractivity contribution in [3.63, 3.8) is 0 Å². The van der Waals surface area contributed by atoms with Gasteiger partial charge in [-0.2, -0.15) is 0 Å².